The SMILES string of the molecule is CC(C)(C)CC1CCC2c3ccccc3C=CC12.CC(C)C.CC(C)C.CC(C)C.CC(C)C.CC1C(C)C(C)C(C)C1C.CC1C(C)C(C)C(C)C1C.CC1C(C)C(C)C(C)C1C.CC1C(C)C(C)C(C)C1C.CC1CCC2C=C3CCCC3=CC12.CC1CCC2C=C3CCCC3=CC12.CC1CCC2C=CC=CC12. The third-order valence-corrected chi connectivity index (χ3v) is 32.6. The van der Waals surface area contributed by atoms with Crippen LogP contribution in [0.3, 0.4) is 0 Å². The lowest BCUT2D eigenvalue weighted by atomic mass is 9.74. The Bertz CT molecular complexity index is 2550. The van der Waals surface area contributed by atoms with E-state index < -0.39 is 0 Å². The molecule has 10 saturated carbocycles. The van der Waals surface area contributed by atoms with Gasteiger partial charge in [0.25, 0.3) is 0 Å². The summed E-state index contributed by atoms with van der Waals surface area (Å²) in [6.07, 6.45) is 45.5. The lowest BCUT2D eigenvalue weighted by molar-refractivity contribution is 0.265. The first kappa shape index (κ1) is 99.8. The highest BCUT2D eigenvalue weighted by atomic mass is 14.5. The van der Waals surface area contributed by atoms with Crippen molar-refractivity contribution in [2.45, 2.75) is 365 Å². The summed E-state index contributed by atoms with van der Waals surface area (Å²) in [5.41, 5.74) is 10.3. The third-order valence-electron chi connectivity index (χ3n) is 32.6. The van der Waals surface area contributed by atoms with Gasteiger partial charge in [0.2, 0.25) is 0 Å². The Morgan fingerprint density at radius 2 is 0.564 bits per heavy atom. The van der Waals surface area contributed by atoms with Crippen LogP contribution in [-0.4, -0.2) is 0 Å². The monoisotopic (exact) mass is 1520 g/mol. The number of rotatable bonds is 1. The van der Waals surface area contributed by atoms with Crippen molar-refractivity contribution in [2.75, 3.05) is 0 Å². The van der Waals surface area contributed by atoms with Gasteiger partial charge in [-0.25, -0.2) is 0 Å². The number of allylic oxidation sites excluding steroid dienone is 13. The Balaban J connectivity index is 0.000000260. The van der Waals surface area contributed by atoms with Crippen molar-refractivity contribution in [1.82, 2.24) is 0 Å². The Kier molecular flexibility index (Phi) is 42.7. The highest BCUT2D eigenvalue weighted by Gasteiger charge is 2.44. The van der Waals surface area contributed by atoms with Crippen molar-refractivity contribution in [3.8, 4) is 0 Å². The average Bonchev–Trinajstić information content (AvgIpc) is 1.51. The molecule has 0 N–H and O–H groups in total. The normalized spacial score (nSPS) is 40.4. The molecule has 110 heavy (non-hydrogen) atoms. The summed E-state index contributed by atoms with van der Waals surface area (Å²) >= 11 is 0. The average molecular weight is 1520 g/mol. The van der Waals surface area contributed by atoms with Gasteiger partial charge >= 0.3 is 0 Å². The predicted molar refractivity (Wildman–Crippen MR) is 498 cm³/mol. The zero-order valence-corrected chi connectivity index (χ0v) is 81.0. The molecule has 0 radical (unpaired) electrons. The number of benzene rings is 1. The van der Waals surface area contributed by atoms with Crippen molar-refractivity contribution in [1.29, 1.82) is 0 Å². The van der Waals surface area contributed by atoms with E-state index in [9.17, 15) is 0 Å². The van der Waals surface area contributed by atoms with E-state index in [1.165, 1.54) is 102 Å². The molecule has 0 nitrogen and oxygen atoms in total. The van der Waals surface area contributed by atoms with Crippen LogP contribution in [0, 0.1) is 213 Å². The van der Waals surface area contributed by atoms with Gasteiger partial charge in [-0.2, -0.15) is 0 Å². The largest absolute Gasteiger partial charge is 0.0808 e. The minimum Gasteiger partial charge on any atom is -0.0808 e. The summed E-state index contributed by atoms with van der Waals surface area (Å²) in [6.45, 7) is 88.3. The molecule has 12 atom stereocenters. The molecule has 0 amide bonds. The van der Waals surface area contributed by atoms with Gasteiger partial charge in [0.15, 0.2) is 0 Å². The van der Waals surface area contributed by atoms with Crippen LogP contribution < -0.4 is 0 Å². The van der Waals surface area contributed by atoms with Crippen molar-refractivity contribution in [3.63, 3.8) is 0 Å². The zero-order chi connectivity index (χ0) is 83.3. The van der Waals surface area contributed by atoms with E-state index in [1.807, 2.05) is 0 Å². The summed E-state index contributed by atoms with van der Waals surface area (Å²) in [5, 5.41) is 0. The smallest absolute Gasteiger partial charge is 0.00902 e. The molecule has 0 heterocycles. The van der Waals surface area contributed by atoms with Crippen molar-refractivity contribution in [3.05, 3.63) is 112 Å². The van der Waals surface area contributed by atoms with E-state index >= 15 is 0 Å². The van der Waals surface area contributed by atoms with Gasteiger partial charge in [-0.15, -0.1) is 0 Å². The van der Waals surface area contributed by atoms with Crippen LogP contribution in [0.5, 0.6) is 0 Å². The molecular weight excluding hydrogens is 1320 g/mol. The molecule has 1 aromatic rings. The van der Waals surface area contributed by atoms with Gasteiger partial charge in [-0.3, -0.25) is 0 Å². The quantitative estimate of drug-likeness (QED) is 0.263. The first-order valence-corrected chi connectivity index (χ1v) is 48.2. The maximum absolute atomic E-state index is 2.62. The minimum atomic E-state index is 0.463. The maximum Gasteiger partial charge on any atom is -0.00902 e. The summed E-state index contributed by atoms with van der Waals surface area (Å²) < 4.78 is 0. The van der Waals surface area contributed by atoms with Gasteiger partial charge in [-0.05, 0) is 348 Å². The van der Waals surface area contributed by atoms with Gasteiger partial charge in [0.05, 0.1) is 0 Å². The minimum absolute atomic E-state index is 0.463. The predicted octanol–water partition coefficient (Wildman–Crippen LogP) is 34.8. The Morgan fingerprint density at radius 3 is 0.864 bits per heavy atom. The highest BCUT2D eigenvalue weighted by molar-refractivity contribution is 5.59. The number of hydrogen-bond acceptors (Lipinski definition) is 0. The van der Waals surface area contributed by atoms with Crippen molar-refractivity contribution >= 4 is 6.08 Å². The van der Waals surface area contributed by atoms with Crippen LogP contribution in [0.25, 0.3) is 6.08 Å². The van der Waals surface area contributed by atoms with E-state index in [2.05, 4.69) is 348 Å². The molecule has 0 aliphatic heterocycles. The van der Waals surface area contributed by atoms with E-state index in [1.54, 1.807) is 27.9 Å². The van der Waals surface area contributed by atoms with E-state index in [0.29, 0.717) is 5.41 Å². The molecule has 14 aliphatic carbocycles. The van der Waals surface area contributed by atoms with Gasteiger partial charge in [-0.1, -0.05) is 348 Å². The zero-order valence-electron chi connectivity index (χ0n) is 81.0. The molecular formula is C110H194. The lowest BCUT2D eigenvalue weighted by Crippen LogP contribution is -2.20. The molecule has 0 saturated heterocycles. The second-order valence-electron chi connectivity index (χ2n) is 45.0. The molecule has 15 rings (SSSR count). The first-order valence-electron chi connectivity index (χ1n) is 48.2. The lowest BCUT2D eigenvalue weighted by Gasteiger charge is -2.30. The Hall–Kier alpha value is -2.60. The van der Waals surface area contributed by atoms with Gasteiger partial charge in [0.1, 0.15) is 0 Å². The highest BCUT2D eigenvalue weighted by Crippen LogP contribution is 2.54. The summed E-state index contributed by atoms with van der Waals surface area (Å²) in [4.78, 5) is 0. The van der Waals surface area contributed by atoms with Crippen LogP contribution in [0.15, 0.2) is 101 Å². The number of hydrogen-bond donors (Lipinski definition) is 0. The Morgan fingerprint density at radius 1 is 0.291 bits per heavy atom. The van der Waals surface area contributed by atoms with Crippen LogP contribution in [-0.2, 0) is 0 Å². The topological polar surface area (TPSA) is 0 Å². The fourth-order valence-electron chi connectivity index (χ4n) is 22.6. The number of fused-ring (bicyclic) bond motifs is 8. The molecule has 14 aliphatic rings. The molecule has 0 heteroatoms. The molecule has 0 aromatic heterocycles. The standard InChI is InChI=1S/C18H24.2C13H18.C10H14.4C10H20.4C4H10/c1-18(2,3)12-14-9-11-17-15-7-5-4-6-13(15)8-10-16(14)17;2*1-9-5-6-12-7-10-3-2-4-11(10)8-13(9)12;1-8-6-7-9-4-2-3-5-10(8)9;4*1-6-7(2)9(4)10(5)8(6)3;4*1-4(2)3/h4-8,10,14,16-17H,9,11-12H2,1-3H3;2*7-9,12-13H,2-6H2,1H3;2-5,8-10H,6-7H2,1H3;4*6-10H,1-5H3;4*4H,1-3H3. The maximum atomic E-state index is 2.62. The van der Waals surface area contributed by atoms with Crippen LogP contribution in [0.2, 0.25) is 0 Å². The molecule has 0 spiro atoms. The molecule has 12 unspecified atom stereocenters. The summed E-state index contributed by atoms with van der Waals surface area (Å²) in [6, 6.07) is 8.96. The second-order valence-corrected chi connectivity index (χ2v) is 45.0. The van der Waals surface area contributed by atoms with Crippen molar-refractivity contribution < 1.29 is 0 Å². The van der Waals surface area contributed by atoms with E-state index in [-0.39, 0.29) is 0 Å². The molecule has 10 fully saturated rings. The third kappa shape index (κ3) is 29.5. The van der Waals surface area contributed by atoms with Gasteiger partial charge < -0.3 is 0 Å². The van der Waals surface area contributed by atoms with Crippen LogP contribution >= 0.6 is 0 Å². The van der Waals surface area contributed by atoms with E-state index in [0.717, 1.165) is 213 Å². The fraction of sp³-hybridized carbons (Fsp3) is 0.818. The molecule has 634 valence electrons. The first-order chi connectivity index (χ1) is 51.3. The fourth-order valence-corrected chi connectivity index (χ4v) is 22.6. The summed E-state index contributed by atoms with van der Waals surface area (Å²) in [7, 11) is 0. The molecule has 1 aromatic carbocycles. The van der Waals surface area contributed by atoms with Crippen LogP contribution in [0.4, 0.5) is 0 Å². The van der Waals surface area contributed by atoms with Crippen LogP contribution in [0.1, 0.15) is 376 Å². The van der Waals surface area contributed by atoms with Crippen molar-refractivity contribution in [2.24, 2.45) is 213 Å². The second kappa shape index (κ2) is 47.1. The Labute approximate surface area is 692 Å². The summed E-state index contributed by atoms with van der Waals surface area (Å²) in [5.74, 6) is 32.7. The van der Waals surface area contributed by atoms with Gasteiger partial charge in [0, 0.05) is 0 Å². The molecule has 0 bridgehead atoms. The van der Waals surface area contributed by atoms with E-state index in [4.69, 9.17) is 0 Å².